The normalized spacial score (nSPS) is 11.2. The van der Waals surface area contributed by atoms with Crippen molar-refractivity contribution >= 4 is 22.9 Å². The third-order valence-electron chi connectivity index (χ3n) is 3.36. The van der Waals surface area contributed by atoms with Gasteiger partial charge in [-0.05, 0) is 40.5 Å². The van der Waals surface area contributed by atoms with Gasteiger partial charge in [-0.2, -0.15) is 0 Å². The summed E-state index contributed by atoms with van der Waals surface area (Å²) >= 11 is 0. The predicted molar refractivity (Wildman–Crippen MR) is 84.1 cm³/mol. The maximum absolute atomic E-state index is 2.24. The number of aryl methyl sites for hydroxylation is 1. The first-order valence-corrected chi connectivity index (χ1v) is 6.55. The number of hydrogen-bond acceptors (Lipinski definition) is 0. The van der Waals surface area contributed by atoms with Crippen molar-refractivity contribution in [3.05, 3.63) is 83.4 Å². The van der Waals surface area contributed by atoms with E-state index in [-0.39, 0.29) is 0 Å². The largest absolute Gasteiger partial charge is 0.0622 e. The highest BCUT2D eigenvalue weighted by molar-refractivity contribution is 5.88. The lowest BCUT2D eigenvalue weighted by Gasteiger charge is -2.04. The van der Waals surface area contributed by atoms with E-state index in [9.17, 15) is 0 Å². The van der Waals surface area contributed by atoms with Crippen molar-refractivity contribution in [2.45, 2.75) is 6.92 Å². The maximum atomic E-state index is 2.24. The number of fused-ring (bicyclic) bond motifs is 1. The summed E-state index contributed by atoms with van der Waals surface area (Å²) in [5, 5.41) is 2.63. The van der Waals surface area contributed by atoms with Crippen molar-refractivity contribution in [2.75, 3.05) is 0 Å². The Bertz CT molecular complexity index is 721. The molecule has 0 saturated carbocycles. The van der Waals surface area contributed by atoms with E-state index in [0.717, 1.165) is 0 Å². The van der Waals surface area contributed by atoms with Crippen molar-refractivity contribution in [2.24, 2.45) is 0 Å². The van der Waals surface area contributed by atoms with Crippen LogP contribution in [0.3, 0.4) is 0 Å². The van der Waals surface area contributed by atoms with E-state index in [1.165, 1.54) is 27.5 Å². The quantitative estimate of drug-likeness (QED) is 0.535. The summed E-state index contributed by atoms with van der Waals surface area (Å²) in [6, 6.07) is 23.4. The van der Waals surface area contributed by atoms with Gasteiger partial charge >= 0.3 is 0 Å². The Morgan fingerprint density at radius 3 is 2.21 bits per heavy atom. The van der Waals surface area contributed by atoms with Crippen molar-refractivity contribution in [3.63, 3.8) is 0 Å². The van der Waals surface area contributed by atoms with E-state index in [2.05, 4.69) is 79.7 Å². The van der Waals surface area contributed by atoms with E-state index in [0.29, 0.717) is 0 Å². The van der Waals surface area contributed by atoms with Gasteiger partial charge in [-0.1, -0.05) is 72.8 Å². The van der Waals surface area contributed by atoms with Gasteiger partial charge in [0, 0.05) is 0 Å². The van der Waals surface area contributed by atoms with Crippen LogP contribution in [0, 0.1) is 6.92 Å². The molecular weight excluding hydrogens is 228 g/mol. The van der Waals surface area contributed by atoms with Crippen molar-refractivity contribution in [1.82, 2.24) is 0 Å². The molecule has 0 nitrogen and oxygen atoms in total. The molecule has 0 aromatic heterocycles. The Morgan fingerprint density at radius 1 is 0.684 bits per heavy atom. The van der Waals surface area contributed by atoms with E-state index >= 15 is 0 Å². The van der Waals surface area contributed by atoms with Crippen molar-refractivity contribution in [3.8, 4) is 0 Å². The molecule has 0 spiro atoms. The molecule has 0 saturated heterocycles. The second-order valence-electron chi connectivity index (χ2n) is 4.80. The third-order valence-corrected chi connectivity index (χ3v) is 3.36. The zero-order valence-electron chi connectivity index (χ0n) is 11.0. The second-order valence-corrected chi connectivity index (χ2v) is 4.80. The summed E-state index contributed by atoms with van der Waals surface area (Å²) in [6.07, 6.45) is 4.33. The lowest BCUT2D eigenvalue weighted by molar-refractivity contribution is 1.51. The molecule has 0 fully saturated rings. The number of hydrogen-bond donors (Lipinski definition) is 0. The molecule has 19 heavy (non-hydrogen) atoms. The van der Waals surface area contributed by atoms with E-state index in [1.807, 2.05) is 6.07 Å². The average Bonchev–Trinajstić information content (AvgIpc) is 2.46. The monoisotopic (exact) mass is 244 g/mol. The fourth-order valence-electron chi connectivity index (χ4n) is 2.38. The van der Waals surface area contributed by atoms with Crippen LogP contribution in [0.1, 0.15) is 16.7 Å². The van der Waals surface area contributed by atoms with Gasteiger partial charge in [0.15, 0.2) is 0 Å². The summed E-state index contributed by atoms with van der Waals surface area (Å²) in [7, 11) is 0. The molecule has 0 aliphatic carbocycles. The van der Waals surface area contributed by atoms with Gasteiger partial charge in [-0.25, -0.2) is 0 Å². The summed E-state index contributed by atoms with van der Waals surface area (Å²) in [5.74, 6) is 0. The summed E-state index contributed by atoms with van der Waals surface area (Å²) in [5.41, 5.74) is 3.80. The molecule has 3 rings (SSSR count). The Labute approximate surface area is 114 Å². The van der Waals surface area contributed by atoms with Gasteiger partial charge in [-0.15, -0.1) is 0 Å². The molecule has 0 amide bonds. The topological polar surface area (TPSA) is 0 Å². The van der Waals surface area contributed by atoms with Crippen LogP contribution >= 0.6 is 0 Å². The lowest BCUT2D eigenvalue weighted by Crippen LogP contribution is -1.81. The molecule has 0 heterocycles. The SMILES string of the molecule is Cc1cc(/C=C/c2ccccc2)cc2ccccc12. The van der Waals surface area contributed by atoms with Crippen LogP contribution in [0.25, 0.3) is 22.9 Å². The minimum Gasteiger partial charge on any atom is -0.0622 e. The zero-order chi connectivity index (χ0) is 13.1. The molecule has 0 N–H and O–H groups in total. The van der Waals surface area contributed by atoms with Gasteiger partial charge in [0.2, 0.25) is 0 Å². The Hall–Kier alpha value is -2.34. The van der Waals surface area contributed by atoms with Gasteiger partial charge in [0.25, 0.3) is 0 Å². The highest BCUT2D eigenvalue weighted by atomic mass is 14.0. The standard InChI is InChI=1S/C19H16/c1-15-13-17(12-11-16-7-3-2-4-8-16)14-18-9-5-6-10-19(15)18/h2-14H,1H3/b12-11+. The highest BCUT2D eigenvalue weighted by Gasteiger charge is 1.98. The molecule has 0 radical (unpaired) electrons. The minimum absolute atomic E-state index is 1.23. The van der Waals surface area contributed by atoms with Crippen LogP contribution in [0.5, 0.6) is 0 Å². The smallest absolute Gasteiger partial charge is 0.0154 e. The van der Waals surface area contributed by atoms with Crippen LogP contribution in [0.15, 0.2) is 66.7 Å². The van der Waals surface area contributed by atoms with E-state index in [4.69, 9.17) is 0 Å². The van der Waals surface area contributed by atoms with E-state index in [1.54, 1.807) is 0 Å². The predicted octanol–water partition coefficient (Wildman–Crippen LogP) is 5.32. The van der Waals surface area contributed by atoms with Crippen LogP contribution in [-0.4, -0.2) is 0 Å². The lowest BCUT2D eigenvalue weighted by atomic mass is 10.0. The molecule has 0 heteroatoms. The van der Waals surface area contributed by atoms with Gasteiger partial charge < -0.3 is 0 Å². The summed E-state index contributed by atoms with van der Waals surface area (Å²) in [6.45, 7) is 2.17. The maximum Gasteiger partial charge on any atom is -0.0154 e. The molecule has 0 unspecified atom stereocenters. The fraction of sp³-hybridized carbons (Fsp3) is 0.0526. The molecule has 0 aliphatic rings. The third kappa shape index (κ3) is 2.58. The Morgan fingerprint density at radius 2 is 1.37 bits per heavy atom. The Balaban J connectivity index is 2.00. The first kappa shape index (κ1) is 11.7. The molecule has 3 aromatic carbocycles. The van der Waals surface area contributed by atoms with Gasteiger partial charge in [0.1, 0.15) is 0 Å². The zero-order valence-corrected chi connectivity index (χ0v) is 11.0. The summed E-state index contributed by atoms with van der Waals surface area (Å²) in [4.78, 5) is 0. The highest BCUT2D eigenvalue weighted by Crippen LogP contribution is 2.21. The van der Waals surface area contributed by atoms with Gasteiger partial charge in [-0.3, -0.25) is 0 Å². The Kier molecular flexibility index (Phi) is 3.16. The molecular formula is C19H16. The first-order chi connectivity index (χ1) is 9.33. The van der Waals surface area contributed by atoms with Crippen LogP contribution in [0.4, 0.5) is 0 Å². The van der Waals surface area contributed by atoms with Crippen molar-refractivity contribution < 1.29 is 0 Å². The molecule has 92 valence electrons. The molecule has 3 aromatic rings. The summed E-state index contributed by atoms with van der Waals surface area (Å²) < 4.78 is 0. The van der Waals surface area contributed by atoms with Crippen LogP contribution < -0.4 is 0 Å². The number of rotatable bonds is 2. The first-order valence-electron chi connectivity index (χ1n) is 6.55. The molecule has 0 atom stereocenters. The fourth-order valence-corrected chi connectivity index (χ4v) is 2.38. The number of benzene rings is 3. The second kappa shape index (κ2) is 5.11. The van der Waals surface area contributed by atoms with Crippen LogP contribution in [-0.2, 0) is 0 Å². The van der Waals surface area contributed by atoms with E-state index < -0.39 is 0 Å². The minimum atomic E-state index is 1.23. The van der Waals surface area contributed by atoms with Gasteiger partial charge in [0.05, 0.1) is 0 Å². The molecule has 0 bridgehead atoms. The van der Waals surface area contributed by atoms with Crippen molar-refractivity contribution in [1.29, 1.82) is 0 Å². The van der Waals surface area contributed by atoms with Crippen LogP contribution in [0.2, 0.25) is 0 Å². The average molecular weight is 244 g/mol. The molecule has 0 aliphatic heterocycles.